The fourth-order valence-electron chi connectivity index (χ4n) is 1.57. The number of carbonyl (C=O) groups is 2. The molecule has 8 heteroatoms. The number of amides is 1. The molecular formula is C13H10N4O3S. The molecule has 2 N–H and O–H groups in total. The number of thiazole rings is 1. The third-order valence-corrected chi connectivity index (χ3v) is 3.35. The number of carboxylic acids is 1. The molecule has 7 nitrogen and oxygen atoms in total. The first-order valence-electron chi connectivity index (χ1n) is 5.85. The van der Waals surface area contributed by atoms with Crippen molar-refractivity contribution >= 4 is 28.3 Å². The highest BCUT2D eigenvalue weighted by atomic mass is 32.1. The summed E-state index contributed by atoms with van der Waals surface area (Å²) in [6, 6.07) is 4.95. The van der Waals surface area contributed by atoms with Crippen LogP contribution in [0.1, 0.15) is 27.4 Å². The molecule has 2 aromatic rings. The van der Waals surface area contributed by atoms with E-state index in [-0.39, 0.29) is 12.1 Å². The van der Waals surface area contributed by atoms with Crippen LogP contribution in [0, 0.1) is 18.3 Å². The van der Waals surface area contributed by atoms with E-state index in [0.29, 0.717) is 22.1 Å². The van der Waals surface area contributed by atoms with Gasteiger partial charge in [-0.15, -0.1) is 11.3 Å². The number of hydrogen-bond acceptors (Lipinski definition) is 6. The Morgan fingerprint density at radius 2 is 2.19 bits per heavy atom. The Morgan fingerprint density at radius 3 is 2.81 bits per heavy atom. The summed E-state index contributed by atoms with van der Waals surface area (Å²) in [6.07, 6.45) is -0.194. The number of rotatable bonds is 4. The predicted molar refractivity (Wildman–Crippen MR) is 75.1 cm³/mol. The molecule has 0 aliphatic carbocycles. The van der Waals surface area contributed by atoms with Gasteiger partial charge in [-0.1, -0.05) is 0 Å². The molecule has 2 heterocycles. The maximum absolute atomic E-state index is 12.0. The number of nitriles is 1. The maximum Gasteiger partial charge on any atom is 0.309 e. The summed E-state index contributed by atoms with van der Waals surface area (Å²) < 4.78 is 0. The lowest BCUT2D eigenvalue weighted by atomic mass is 10.2. The number of nitrogens with zero attached hydrogens (tertiary/aromatic N) is 3. The molecule has 0 bridgehead atoms. The molecule has 0 spiro atoms. The Labute approximate surface area is 123 Å². The lowest BCUT2D eigenvalue weighted by Gasteiger charge is -2.03. The quantitative estimate of drug-likeness (QED) is 0.886. The summed E-state index contributed by atoms with van der Waals surface area (Å²) in [7, 11) is 0. The molecule has 0 atom stereocenters. The second-order valence-corrected chi connectivity index (χ2v) is 4.97. The first kappa shape index (κ1) is 14.6. The monoisotopic (exact) mass is 302 g/mol. The summed E-state index contributed by atoms with van der Waals surface area (Å²) >= 11 is 1.14. The minimum Gasteiger partial charge on any atom is -0.481 e. The predicted octanol–water partition coefficient (Wildman–Crippen LogP) is 1.60. The van der Waals surface area contributed by atoms with Gasteiger partial charge in [0.25, 0.3) is 5.91 Å². The summed E-state index contributed by atoms with van der Waals surface area (Å²) in [5, 5.41) is 21.9. The average molecular weight is 302 g/mol. The third kappa shape index (κ3) is 3.61. The van der Waals surface area contributed by atoms with Gasteiger partial charge in [-0.2, -0.15) is 5.26 Å². The molecule has 2 rings (SSSR count). The van der Waals surface area contributed by atoms with E-state index < -0.39 is 11.9 Å². The van der Waals surface area contributed by atoms with Gasteiger partial charge in [-0.3, -0.25) is 14.9 Å². The van der Waals surface area contributed by atoms with Gasteiger partial charge in [0.2, 0.25) is 0 Å². The van der Waals surface area contributed by atoms with Crippen molar-refractivity contribution in [2.45, 2.75) is 13.3 Å². The maximum atomic E-state index is 12.0. The van der Waals surface area contributed by atoms with Crippen molar-refractivity contribution in [3.05, 3.63) is 40.2 Å². The molecule has 1 amide bonds. The molecule has 0 aromatic carbocycles. The van der Waals surface area contributed by atoms with Crippen molar-refractivity contribution in [1.29, 1.82) is 5.26 Å². The number of aromatic nitrogens is 2. The van der Waals surface area contributed by atoms with E-state index in [4.69, 9.17) is 10.4 Å². The number of anilines is 1. The second-order valence-electron chi connectivity index (χ2n) is 4.11. The molecule has 2 aromatic heterocycles. The van der Waals surface area contributed by atoms with Gasteiger partial charge in [0.1, 0.15) is 11.8 Å². The summed E-state index contributed by atoms with van der Waals surface area (Å²) in [4.78, 5) is 30.6. The van der Waals surface area contributed by atoms with E-state index in [1.165, 1.54) is 12.1 Å². The van der Waals surface area contributed by atoms with Crippen molar-refractivity contribution in [3.8, 4) is 6.07 Å². The molecule has 0 fully saturated rings. The van der Waals surface area contributed by atoms with Crippen LogP contribution >= 0.6 is 11.3 Å². The molecule has 0 radical (unpaired) electrons. The van der Waals surface area contributed by atoms with E-state index in [9.17, 15) is 9.59 Å². The molecule has 21 heavy (non-hydrogen) atoms. The normalized spacial score (nSPS) is 9.90. The third-order valence-electron chi connectivity index (χ3n) is 2.54. The first-order valence-corrected chi connectivity index (χ1v) is 6.73. The van der Waals surface area contributed by atoms with Crippen LogP contribution in [0.25, 0.3) is 0 Å². The van der Waals surface area contributed by atoms with E-state index in [1.54, 1.807) is 12.3 Å². The summed E-state index contributed by atoms with van der Waals surface area (Å²) in [5.41, 5.74) is 1.42. The van der Waals surface area contributed by atoms with Gasteiger partial charge in [0, 0.05) is 5.38 Å². The summed E-state index contributed by atoms with van der Waals surface area (Å²) in [5.74, 6) is -1.44. The van der Waals surface area contributed by atoms with Crippen LogP contribution in [0.4, 0.5) is 5.13 Å². The number of pyridine rings is 1. The number of aryl methyl sites for hydroxylation is 1. The SMILES string of the molecule is Cc1nc(C(=O)Nc2nc(CC(=O)O)cs2)ccc1C#N. The Bertz CT molecular complexity index is 748. The average Bonchev–Trinajstić information content (AvgIpc) is 2.84. The first-order chi connectivity index (χ1) is 9.99. The Morgan fingerprint density at radius 1 is 1.43 bits per heavy atom. The number of hydrogen-bond donors (Lipinski definition) is 2. The largest absolute Gasteiger partial charge is 0.481 e. The molecule has 0 saturated heterocycles. The zero-order valence-electron chi connectivity index (χ0n) is 11.0. The van der Waals surface area contributed by atoms with Crippen LogP contribution in [0.5, 0.6) is 0 Å². The zero-order valence-corrected chi connectivity index (χ0v) is 11.8. The number of aliphatic carboxylic acids is 1. The molecule has 0 unspecified atom stereocenters. The minimum absolute atomic E-state index is 0.168. The highest BCUT2D eigenvalue weighted by Gasteiger charge is 2.12. The smallest absolute Gasteiger partial charge is 0.309 e. The standard InChI is InChI=1S/C13H10N4O3S/c1-7-8(5-14)2-3-10(15-7)12(20)17-13-16-9(6-21-13)4-11(18)19/h2-3,6H,4H2,1H3,(H,18,19)(H,16,17,20). The topological polar surface area (TPSA) is 116 Å². The second kappa shape index (κ2) is 6.11. The van der Waals surface area contributed by atoms with Gasteiger partial charge in [0.15, 0.2) is 5.13 Å². The Balaban J connectivity index is 2.11. The van der Waals surface area contributed by atoms with E-state index in [0.717, 1.165) is 11.3 Å². The van der Waals surface area contributed by atoms with E-state index in [1.807, 2.05) is 6.07 Å². The van der Waals surface area contributed by atoms with Gasteiger partial charge < -0.3 is 5.11 Å². The van der Waals surface area contributed by atoms with Gasteiger partial charge >= 0.3 is 5.97 Å². The number of nitrogens with one attached hydrogen (secondary N) is 1. The van der Waals surface area contributed by atoms with Crippen molar-refractivity contribution in [2.24, 2.45) is 0 Å². The molecule has 0 aliphatic rings. The zero-order chi connectivity index (χ0) is 15.4. The van der Waals surface area contributed by atoms with Crippen molar-refractivity contribution in [2.75, 3.05) is 5.32 Å². The number of carbonyl (C=O) groups excluding carboxylic acids is 1. The molecule has 0 aliphatic heterocycles. The molecule has 106 valence electrons. The number of carboxylic acid groups (broad SMARTS) is 1. The lowest BCUT2D eigenvalue weighted by Crippen LogP contribution is -2.14. The fraction of sp³-hybridized carbons (Fsp3) is 0.154. The van der Waals surface area contributed by atoms with E-state index in [2.05, 4.69) is 15.3 Å². The molecule has 0 saturated carbocycles. The van der Waals surface area contributed by atoms with Crippen molar-refractivity contribution in [3.63, 3.8) is 0 Å². The van der Waals surface area contributed by atoms with Crippen LogP contribution in [0.3, 0.4) is 0 Å². The van der Waals surface area contributed by atoms with Crippen molar-refractivity contribution in [1.82, 2.24) is 9.97 Å². The van der Waals surface area contributed by atoms with Crippen LogP contribution < -0.4 is 5.32 Å². The highest BCUT2D eigenvalue weighted by Crippen LogP contribution is 2.17. The lowest BCUT2D eigenvalue weighted by molar-refractivity contribution is -0.136. The van der Waals surface area contributed by atoms with Crippen LogP contribution in [0.2, 0.25) is 0 Å². The van der Waals surface area contributed by atoms with Crippen LogP contribution in [-0.2, 0) is 11.2 Å². The van der Waals surface area contributed by atoms with Gasteiger partial charge in [-0.25, -0.2) is 9.97 Å². The molecular weight excluding hydrogens is 292 g/mol. The summed E-state index contributed by atoms with van der Waals surface area (Å²) in [6.45, 7) is 1.64. The van der Waals surface area contributed by atoms with E-state index >= 15 is 0 Å². The highest BCUT2D eigenvalue weighted by molar-refractivity contribution is 7.14. The minimum atomic E-state index is -0.984. The Kier molecular flexibility index (Phi) is 4.25. The van der Waals surface area contributed by atoms with Gasteiger partial charge in [0.05, 0.1) is 23.4 Å². The fourth-order valence-corrected chi connectivity index (χ4v) is 2.27. The van der Waals surface area contributed by atoms with Crippen molar-refractivity contribution < 1.29 is 14.7 Å². The van der Waals surface area contributed by atoms with Gasteiger partial charge in [-0.05, 0) is 19.1 Å². The van der Waals surface area contributed by atoms with Crippen LogP contribution in [-0.4, -0.2) is 27.0 Å². The Hall–Kier alpha value is -2.79. The van der Waals surface area contributed by atoms with Crippen LogP contribution in [0.15, 0.2) is 17.5 Å².